The fourth-order valence-electron chi connectivity index (χ4n) is 1.35. The summed E-state index contributed by atoms with van der Waals surface area (Å²) in [7, 11) is 1.90. The normalized spacial score (nSPS) is 10.7. The van der Waals surface area contributed by atoms with Crippen LogP contribution in [0.1, 0.15) is 11.5 Å². The van der Waals surface area contributed by atoms with Gasteiger partial charge in [0.25, 0.3) is 0 Å². The number of rotatable bonds is 3. The van der Waals surface area contributed by atoms with Crippen molar-refractivity contribution in [2.24, 2.45) is 7.05 Å². The molecule has 5 heteroatoms. The van der Waals surface area contributed by atoms with Crippen LogP contribution in [-0.4, -0.2) is 24.4 Å². The van der Waals surface area contributed by atoms with Crippen molar-refractivity contribution in [1.82, 2.24) is 19.3 Å². The Morgan fingerprint density at radius 1 is 1.50 bits per heavy atom. The van der Waals surface area contributed by atoms with E-state index in [0.717, 1.165) is 11.5 Å². The van der Waals surface area contributed by atoms with Gasteiger partial charge in [-0.05, 0) is 12.1 Å². The minimum absolute atomic E-state index is 0.0465. The zero-order chi connectivity index (χ0) is 9.97. The first kappa shape index (κ1) is 8.96. The maximum atomic E-state index is 9.04. The van der Waals surface area contributed by atoms with Crippen LogP contribution in [0.3, 0.4) is 0 Å². The van der Waals surface area contributed by atoms with Crippen molar-refractivity contribution in [1.29, 1.82) is 0 Å². The number of aliphatic hydroxyl groups excluding tert-OH is 1. The van der Waals surface area contributed by atoms with Crippen LogP contribution in [0.4, 0.5) is 0 Å². The minimum Gasteiger partial charge on any atom is -0.390 e. The summed E-state index contributed by atoms with van der Waals surface area (Å²) in [4.78, 5) is 0. The van der Waals surface area contributed by atoms with Crippen molar-refractivity contribution in [3.8, 4) is 0 Å². The van der Waals surface area contributed by atoms with Crippen LogP contribution in [0.25, 0.3) is 0 Å². The van der Waals surface area contributed by atoms with Gasteiger partial charge in [0.1, 0.15) is 6.33 Å². The molecule has 0 aliphatic rings. The fourth-order valence-corrected chi connectivity index (χ4v) is 1.35. The van der Waals surface area contributed by atoms with Crippen molar-refractivity contribution < 1.29 is 5.11 Å². The van der Waals surface area contributed by atoms with Crippen LogP contribution in [0, 0.1) is 0 Å². The molecule has 2 heterocycles. The Labute approximate surface area is 81.6 Å². The Balaban J connectivity index is 2.22. The van der Waals surface area contributed by atoms with E-state index >= 15 is 0 Å². The fraction of sp³-hybridized carbons (Fsp3) is 0.333. The van der Waals surface area contributed by atoms with E-state index in [-0.39, 0.29) is 6.61 Å². The molecule has 74 valence electrons. The van der Waals surface area contributed by atoms with E-state index in [4.69, 9.17) is 5.11 Å². The zero-order valence-electron chi connectivity index (χ0n) is 7.96. The molecule has 0 spiro atoms. The van der Waals surface area contributed by atoms with Gasteiger partial charge < -0.3 is 14.2 Å². The molecule has 14 heavy (non-hydrogen) atoms. The van der Waals surface area contributed by atoms with Crippen molar-refractivity contribution in [2.45, 2.75) is 13.2 Å². The van der Waals surface area contributed by atoms with E-state index in [0.29, 0.717) is 6.54 Å². The molecule has 2 rings (SSSR count). The monoisotopic (exact) mass is 192 g/mol. The highest BCUT2D eigenvalue weighted by atomic mass is 16.3. The molecular formula is C9H12N4O. The average Bonchev–Trinajstić information content (AvgIpc) is 2.77. The van der Waals surface area contributed by atoms with Crippen LogP contribution in [0.5, 0.6) is 0 Å². The lowest BCUT2D eigenvalue weighted by atomic mass is 10.4. The third-order valence-electron chi connectivity index (χ3n) is 2.20. The van der Waals surface area contributed by atoms with Crippen LogP contribution in [-0.2, 0) is 20.2 Å². The van der Waals surface area contributed by atoms with Gasteiger partial charge >= 0.3 is 0 Å². The predicted molar refractivity (Wildman–Crippen MR) is 50.5 cm³/mol. The van der Waals surface area contributed by atoms with Crippen LogP contribution in [0.15, 0.2) is 24.7 Å². The lowest BCUT2D eigenvalue weighted by molar-refractivity contribution is 0.271. The maximum Gasteiger partial charge on any atom is 0.152 e. The SMILES string of the molecule is Cn1cnnc1Cn1cccc1CO. The molecule has 0 radical (unpaired) electrons. The summed E-state index contributed by atoms with van der Waals surface area (Å²) in [6, 6.07) is 3.79. The summed E-state index contributed by atoms with van der Waals surface area (Å²) in [5, 5.41) is 16.8. The maximum absolute atomic E-state index is 9.04. The van der Waals surface area contributed by atoms with Crippen LogP contribution < -0.4 is 0 Å². The van der Waals surface area contributed by atoms with E-state index in [9.17, 15) is 0 Å². The van der Waals surface area contributed by atoms with Gasteiger partial charge in [-0.15, -0.1) is 10.2 Å². The van der Waals surface area contributed by atoms with Gasteiger partial charge in [-0.2, -0.15) is 0 Å². The summed E-state index contributed by atoms with van der Waals surface area (Å²) in [6.45, 7) is 0.685. The van der Waals surface area contributed by atoms with Crippen molar-refractivity contribution in [3.05, 3.63) is 36.2 Å². The molecule has 0 aromatic carbocycles. The Bertz CT molecular complexity index is 418. The molecule has 0 atom stereocenters. The molecule has 2 aromatic heterocycles. The number of aromatic nitrogens is 4. The van der Waals surface area contributed by atoms with Crippen molar-refractivity contribution in [3.63, 3.8) is 0 Å². The van der Waals surface area contributed by atoms with Gasteiger partial charge in [-0.3, -0.25) is 0 Å². The summed E-state index contributed by atoms with van der Waals surface area (Å²) in [6.07, 6.45) is 3.58. The number of aryl methyl sites for hydroxylation is 1. The zero-order valence-corrected chi connectivity index (χ0v) is 7.96. The van der Waals surface area contributed by atoms with E-state index in [2.05, 4.69) is 10.2 Å². The van der Waals surface area contributed by atoms with E-state index in [1.807, 2.05) is 34.5 Å². The molecule has 5 nitrogen and oxygen atoms in total. The molecule has 0 bridgehead atoms. The van der Waals surface area contributed by atoms with Crippen molar-refractivity contribution in [2.75, 3.05) is 0 Å². The Morgan fingerprint density at radius 2 is 2.36 bits per heavy atom. The molecule has 0 amide bonds. The Morgan fingerprint density at radius 3 is 3.00 bits per heavy atom. The summed E-state index contributed by atoms with van der Waals surface area (Å²) < 4.78 is 3.81. The highest BCUT2D eigenvalue weighted by Gasteiger charge is 2.04. The molecular weight excluding hydrogens is 180 g/mol. The van der Waals surface area contributed by atoms with Crippen LogP contribution >= 0.6 is 0 Å². The predicted octanol–water partition coefficient (Wildman–Crippen LogP) is 0.157. The number of aliphatic hydroxyl groups is 1. The molecule has 0 saturated heterocycles. The second kappa shape index (κ2) is 3.63. The molecule has 0 aliphatic carbocycles. The molecule has 1 N–H and O–H groups in total. The molecule has 0 unspecified atom stereocenters. The first-order valence-electron chi connectivity index (χ1n) is 4.39. The summed E-state index contributed by atoms with van der Waals surface area (Å²) in [5.41, 5.74) is 0.882. The number of hydrogen-bond donors (Lipinski definition) is 1. The molecule has 2 aromatic rings. The van der Waals surface area contributed by atoms with Gasteiger partial charge in [-0.1, -0.05) is 0 Å². The van der Waals surface area contributed by atoms with Gasteiger partial charge in [0.15, 0.2) is 5.82 Å². The van der Waals surface area contributed by atoms with Gasteiger partial charge in [0.2, 0.25) is 0 Å². The van der Waals surface area contributed by atoms with E-state index in [1.165, 1.54) is 0 Å². The van der Waals surface area contributed by atoms with Crippen LogP contribution in [0.2, 0.25) is 0 Å². The molecule has 0 aliphatic heterocycles. The Kier molecular flexibility index (Phi) is 2.32. The van der Waals surface area contributed by atoms with Gasteiger partial charge in [-0.25, -0.2) is 0 Å². The largest absolute Gasteiger partial charge is 0.390 e. The number of nitrogens with zero attached hydrogens (tertiary/aromatic N) is 4. The Hall–Kier alpha value is -1.62. The third kappa shape index (κ3) is 1.54. The lowest BCUT2D eigenvalue weighted by Gasteiger charge is -2.05. The number of hydrogen-bond acceptors (Lipinski definition) is 3. The lowest BCUT2D eigenvalue weighted by Crippen LogP contribution is -2.07. The van der Waals surface area contributed by atoms with E-state index in [1.54, 1.807) is 6.33 Å². The second-order valence-corrected chi connectivity index (χ2v) is 3.14. The standard InChI is InChI=1S/C9H12N4O/c1-12-7-10-11-9(12)5-13-4-2-3-8(13)6-14/h2-4,7,14H,5-6H2,1H3. The van der Waals surface area contributed by atoms with Gasteiger partial charge in [0, 0.05) is 18.9 Å². The first-order valence-corrected chi connectivity index (χ1v) is 4.39. The highest BCUT2D eigenvalue weighted by Crippen LogP contribution is 2.05. The molecule has 0 saturated carbocycles. The summed E-state index contributed by atoms with van der Waals surface area (Å²) >= 11 is 0. The topological polar surface area (TPSA) is 55.9 Å². The molecule has 0 fully saturated rings. The quantitative estimate of drug-likeness (QED) is 0.753. The average molecular weight is 192 g/mol. The third-order valence-corrected chi connectivity index (χ3v) is 2.20. The van der Waals surface area contributed by atoms with Gasteiger partial charge in [0.05, 0.1) is 13.2 Å². The second-order valence-electron chi connectivity index (χ2n) is 3.14. The van der Waals surface area contributed by atoms with Crippen molar-refractivity contribution >= 4 is 0 Å². The highest BCUT2D eigenvalue weighted by molar-refractivity contribution is 5.07. The summed E-state index contributed by atoms with van der Waals surface area (Å²) in [5.74, 6) is 0.871. The first-order chi connectivity index (χ1) is 6.81. The van der Waals surface area contributed by atoms with E-state index < -0.39 is 0 Å². The smallest absolute Gasteiger partial charge is 0.152 e. The minimum atomic E-state index is 0.0465.